The average Bonchev–Trinajstić information content (AvgIpc) is 2.82. The standard InChI is InChI=1S/C14H16N2O5S/c1-9(7-11-5-3-4-6-15-11)16-22(19,20)13-8-12(14(17)18)21-10(13)2/h3-6,8-9,16H,7H2,1-2H3,(H,17,18). The third kappa shape index (κ3) is 3.71. The Kier molecular flexibility index (Phi) is 4.62. The molecule has 0 amide bonds. The van der Waals surface area contributed by atoms with Gasteiger partial charge in [-0.2, -0.15) is 0 Å². The summed E-state index contributed by atoms with van der Waals surface area (Å²) in [4.78, 5) is 14.8. The highest BCUT2D eigenvalue weighted by Crippen LogP contribution is 2.20. The van der Waals surface area contributed by atoms with Crippen molar-refractivity contribution >= 4 is 16.0 Å². The van der Waals surface area contributed by atoms with E-state index in [0.717, 1.165) is 11.8 Å². The Balaban J connectivity index is 2.15. The van der Waals surface area contributed by atoms with Crippen molar-refractivity contribution in [2.45, 2.75) is 31.2 Å². The molecule has 0 fully saturated rings. The number of aromatic carboxylic acids is 1. The number of carboxylic acids is 1. The van der Waals surface area contributed by atoms with Gasteiger partial charge in [0.2, 0.25) is 15.8 Å². The van der Waals surface area contributed by atoms with E-state index in [0.29, 0.717) is 6.42 Å². The normalized spacial score (nSPS) is 13.0. The van der Waals surface area contributed by atoms with Gasteiger partial charge >= 0.3 is 5.97 Å². The summed E-state index contributed by atoms with van der Waals surface area (Å²) in [7, 11) is -3.86. The molecule has 0 spiro atoms. The molecule has 7 nitrogen and oxygen atoms in total. The summed E-state index contributed by atoms with van der Waals surface area (Å²) >= 11 is 0. The maximum absolute atomic E-state index is 12.3. The predicted octanol–water partition coefficient (Wildman–Crippen LogP) is 1.59. The SMILES string of the molecule is Cc1oc(C(=O)O)cc1S(=O)(=O)NC(C)Cc1ccccn1. The third-order valence-electron chi connectivity index (χ3n) is 2.97. The van der Waals surface area contributed by atoms with Crippen LogP contribution in [0.2, 0.25) is 0 Å². The van der Waals surface area contributed by atoms with Crippen molar-refractivity contribution < 1.29 is 22.7 Å². The van der Waals surface area contributed by atoms with Crippen LogP contribution in [0.25, 0.3) is 0 Å². The average molecular weight is 324 g/mol. The number of hydrogen-bond donors (Lipinski definition) is 2. The van der Waals surface area contributed by atoms with Crippen molar-refractivity contribution in [3.8, 4) is 0 Å². The van der Waals surface area contributed by atoms with Gasteiger partial charge in [0.25, 0.3) is 0 Å². The van der Waals surface area contributed by atoms with E-state index in [9.17, 15) is 13.2 Å². The molecule has 2 heterocycles. The van der Waals surface area contributed by atoms with Crippen molar-refractivity contribution in [1.82, 2.24) is 9.71 Å². The lowest BCUT2D eigenvalue weighted by molar-refractivity contribution is 0.0661. The van der Waals surface area contributed by atoms with Gasteiger partial charge < -0.3 is 9.52 Å². The van der Waals surface area contributed by atoms with Crippen LogP contribution in [0, 0.1) is 6.92 Å². The van der Waals surface area contributed by atoms with Crippen molar-refractivity contribution in [3.63, 3.8) is 0 Å². The van der Waals surface area contributed by atoms with Crippen molar-refractivity contribution in [1.29, 1.82) is 0 Å². The second-order valence-electron chi connectivity index (χ2n) is 4.88. The molecular formula is C14H16N2O5S. The molecule has 0 saturated heterocycles. The quantitative estimate of drug-likeness (QED) is 0.835. The van der Waals surface area contributed by atoms with Gasteiger partial charge in [-0.05, 0) is 26.0 Å². The largest absolute Gasteiger partial charge is 0.475 e. The second-order valence-corrected chi connectivity index (χ2v) is 6.57. The Morgan fingerprint density at radius 3 is 2.73 bits per heavy atom. The predicted molar refractivity (Wildman–Crippen MR) is 78.1 cm³/mol. The van der Waals surface area contributed by atoms with Gasteiger partial charge in [0.05, 0.1) is 0 Å². The molecule has 2 N–H and O–H groups in total. The lowest BCUT2D eigenvalue weighted by Crippen LogP contribution is -2.34. The fourth-order valence-electron chi connectivity index (χ4n) is 2.04. The fourth-order valence-corrected chi connectivity index (χ4v) is 3.46. The topological polar surface area (TPSA) is 109 Å². The number of nitrogens with zero attached hydrogens (tertiary/aromatic N) is 1. The van der Waals surface area contributed by atoms with Crippen molar-refractivity contribution in [2.24, 2.45) is 0 Å². The first kappa shape index (κ1) is 16.2. The maximum atomic E-state index is 12.3. The fraction of sp³-hybridized carbons (Fsp3) is 0.286. The molecule has 2 aromatic heterocycles. The molecule has 2 rings (SSSR count). The highest BCUT2D eigenvalue weighted by molar-refractivity contribution is 7.89. The molecule has 0 aliphatic rings. The summed E-state index contributed by atoms with van der Waals surface area (Å²) in [5.74, 6) is -1.68. The maximum Gasteiger partial charge on any atom is 0.371 e. The molecule has 1 atom stereocenters. The molecule has 22 heavy (non-hydrogen) atoms. The lowest BCUT2D eigenvalue weighted by Gasteiger charge is -2.13. The second kappa shape index (κ2) is 6.29. The van der Waals surface area contributed by atoms with Crippen molar-refractivity contribution in [3.05, 3.63) is 47.7 Å². The van der Waals surface area contributed by atoms with E-state index in [1.807, 2.05) is 6.07 Å². The smallest absolute Gasteiger partial charge is 0.371 e. The molecule has 0 saturated carbocycles. The number of nitrogens with one attached hydrogen (secondary N) is 1. The van der Waals surface area contributed by atoms with Crippen LogP contribution in [0.3, 0.4) is 0 Å². The third-order valence-corrected chi connectivity index (χ3v) is 4.67. The van der Waals surface area contributed by atoms with Gasteiger partial charge in [-0.25, -0.2) is 17.9 Å². The number of aryl methyl sites for hydroxylation is 1. The number of sulfonamides is 1. The first-order valence-corrected chi connectivity index (χ1v) is 8.04. The zero-order chi connectivity index (χ0) is 16.3. The Hall–Kier alpha value is -2.19. The Morgan fingerprint density at radius 2 is 2.18 bits per heavy atom. The Labute approximate surface area is 128 Å². The van der Waals surface area contributed by atoms with Gasteiger partial charge in [-0.3, -0.25) is 4.98 Å². The van der Waals surface area contributed by atoms with Gasteiger partial charge in [0.1, 0.15) is 10.7 Å². The highest BCUT2D eigenvalue weighted by Gasteiger charge is 2.25. The van der Waals surface area contributed by atoms with Gasteiger partial charge in [0, 0.05) is 30.4 Å². The minimum Gasteiger partial charge on any atom is -0.475 e. The van der Waals surface area contributed by atoms with Crippen LogP contribution in [-0.2, 0) is 16.4 Å². The van der Waals surface area contributed by atoms with Crippen LogP contribution in [0.15, 0.2) is 39.8 Å². The number of rotatable bonds is 6. The molecule has 8 heteroatoms. The molecule has 0 bridgehead atoms. The van der Waals surface area contributed by atoms with Crippen LogP contribution < -0.4 is 4.72 Å². The minimum atomic E-state index is -3.86. The molecule has 118 valence electrons. The summed E-state index contributed by atoms with van der Waals surface area (Å²) in [5, 5.41) is 8.85. The Bertz CT molecular complexity index is 768. The molecule has 0 aliphatic carbocycles. The Morgan fingerprint density at radius 1 is 1.45 bits per heavy atom. The molecule has 0 radical (unpaired) electrons. The van der Waals surface area contributed by atoms with Crippen LogP contribution in [0.5, 0.6) is 0 Å². The number of aromatic nitrogens is 1. The number of carboxylic acid groups (broad SMARTS) is 1. The summed E-state index contributed by atoms with van der Waals surface area (Å²) in [6, 6.07) is 6.01. The van der Waals surface area contributed by atoms with E-state index in [-0.39, 0.29) is 10.7 Å². The number of hydrogen-bond acceptors (Lipinski definition) is 5. The minimum absolute atomic E-state index is 0.0370. The van der Waals surface area contributed by atoms with Crippen LogP contribution in [-0.4, -0.2) is 30.5 Å². The first-order valence-electron chi connectivity index (χ1n) is 6.55. The zero-order valence-corrected chi connectivity index (χ0v) is 12.9. The summed E-state index contributed by atoms with van der Waals surface area (Å²) < 4.78 is 32.0. The molecule has 2 aromatic rings. The summed E-state index contributed by atoms with van der Waals surface area (Å²) in [6.45, 7) is 3.12. The van der Waals surface area contributed by atoms with E-state index < -0.39 is 27.8 Å². The van der Waals surface area contributed by atoms with Crippen LogP contribution in [0.1, 0.15) is 28.9 Å². The van der Waals surface area contributed by atoms with Gasteiger partial charge in [0.15, 0.2) is 0 Å². The molecule has 1 unspecified atom stereocenters. The number of carbonyl (C=O) groups is 1. The molecule has 0 aromatic carbocycles. The summed E-state index contributed by atoms with van der Waals surface area (Å²) in [5.41, 5.74) is 0.757. The van der Waals surface area contributed by atoms with E-state index in [2.05, 4.69) is 9.71 Å². The van der Waals surface area contributed by atoms with Gasteiger partial charge in [-0.15, -0.1) is 0 Å². The van der Waals surface area contributed by atoms with E-state index in [4.69, 9.17) is 9.52 Å². The molecule has 0 aliphatic heterocycles. The van der Waals surface area contributed by atoms with E-state index in [1.54, 1.807) is 25.3 Å². The molecular weight excluding hydrogens is 308 g/mol. The zero-order valence-electron chi connectivity index (χ0n) is 12.1. The first-order chi connectivity index (χ1) is 10.3. The van der Waals surface area contributed by atoms with E-state index in [1.165, 1.54) is 6.92 Å². The monoisotopic (exact) mass is 324 g/mol. The highest BCUT2D eigenvalue weighted by atomic mass is 32.2. The van der Waals surface area contributed by atoms with E-state index >= 15 is 0 Å². The number of pyridine rings is 1. The number of furan rings is 1. The van der Waals surface area contributed by atoms with Crippen LogP contribution >= 0.6 is 0 Å². The van der Waals surface area contributed by atoms with Crippen molar-refractivity contribution in [2.75, 3.05) is 0 Å². The summed E-state index contributed by atoms with van der Waals surface area (Å²) in [6.07, 6.45) is 2.05. The van der Waals surface area contributed by atoms with Crippen LogP contribution in [0.4, 0.5) is 0 Å². The van der Waals surface area contributed by atoms with Gasteiger partial charge in [-0.1, -0.05) is 6.07 Å². The lowest BCUT2D eigenvalue weighted by atomic mass is 10.2.